The van der Waals surface area contributed by atoms with Crippen LogP contribution in [0.4, 0.5) is 21.9 Å². The van der Waals surface area contributed by atoms with Crippen molar-refractivity contribution in [3.05, 3.63) is 90.1 Å². The molecule has 0 atom stereocenters. The van der Waals surface area contributed by atoms with Gasteiger partial charge in [0, 0.05) is 66.9 Å². The summed E-state index contributed by atoms with van der Waals surface area (Å²) in [6.07, 6.45) is 0.935. The molecule has 1 fully saturated rings. The van der Waals surface area contributed by atoms with Gasteiger partial charge in [0.1, 0.15) is 5.75 Å². The lowest BCUT2D eigenvalue weighted by atomic mass is 10.1. The van der Waals surface area contributed by atoms with Gasteiger partial charge in [0.15, 0.2) is 0 Å². The number of benzene rings is 3. The fourth-order valence-electron chi connectivity index (χ4n) is 4.81. The first kappa shape index (κ1) is 24.6. The summed E-state index contributed by atoms with van der Waals surface area (Å²) in [5, 5.41) is 7.01. The van der Waals surface area contributed by atoms with Crippen LogP contribution in [0.15, 0.2) is 78.9 Å². The number of ether oxygens (including phenoxy) is 1. The minimum Gasteiger partial charge on any atom is -0.497 e. The molecule has 2 heterocycles. The van der Waals surface area contributed by atoms with Crippen LogP contribution in [0.25, 0.3) is 10.9 Å². The molecule has 1 aliphatic rings. The second-order valence-corrected chi connectivity index (χ2v) is 9.39. The van der Waals surface area contributed by atoms with E-state index in [-0.39, 0.29) is 6.03 Å². The van der Waals surface area contributed by atoms with Crippen LogP contribution < -0.4 is 20.3 Å². The molecule has 1 aromatic heterocycles. The van der Waals surface area contributed by atoms with E-state index in [2.05, 4.69) is 61.8 Å². The van der Waals surface area contributed by atoms with E-state index in [0.717, 1.165) is 56.0 Å². The molecule has 0 radical (unpaired) electrons. The molecule has 0 unspecified atom stereocenters. The van der Waals surface area contributed by atoms with Crippen LogP contribution in [0.5, 0.6) is 5.75 Å². The summed E-state index contributed by atoms with van der Waals surface area (Å²) >= 11 is 0. The first-order chi connectivity index (χ1) is 18.1. The molecule has 0 aliphatic carbocycles. The predicted octanol–water partition coefficient (Wildman–Crippen LogP) is 5.56. The normalized spacial score (nSPS) is 13.9. The first-order valence-electron chi connectivity index (χ1n) is 12.7. The number of methoxy groups -OCH3 is 1. The number of nitrogens with one attached hydrogen (secondary N) is 2. The number of urea groups is 1. The fraction of sp³-hybridized carbons (Fsp3) is 0.267. The second kappa shape index (κ2) is 11.3. The number of aromatic nitrogens is 1. The standard InChI is InChI=1S/C30H33N5O2/c1-22-12-13-27-28(31-22)10-5-11-29(27)35-18-16-34(17-19-35)15-14-23-6-3-7-24(20-23)32-30(36)33-25-8-4-9-26(21-25)37-2/h3-13,20-21H,14-19H2,1-2H3,(H2,32,33,36). The molecule has 190 valence electrons. The number of nitrogens with zero attached hydrogens (tertiary/aromatic N) is 3. The minimum atomic E-state index is -0.277. The van der Waals surface area contributed by atoms with Gasteiger partial charge in [-0.05, 0) is 67.4 Å². The van der Waals surface area contributed by atoms with Crippen molar-refractivity contribution in [1.29, 1.82) is 0 Å². The number of hydrogen-bond donors (Lipinski definition) is 2. The Hall–Kier alpha value is -4.10. The van der Waals surface area contributed by atoms with E-state index < -0.39 is 0 Å². The summed E-state index contributed by atoms with van der Waals surface area (Å²) in [4.78, 5) is 22.1. The van der Waals surface area contributed by atoms with Crippen LogP contribution in [0.3, 0.4) is 0 Å². The largest absolute Gasteiger partial charge is 0.497 e. The fourth-order valence-corrected chi connectivity index (χ4v) is 4.81. The quantitative estimate of drug-likeness (QED) is 0.351. The Balaban J connectivity index is 1.12. The molecule has 1 saturated heterocycles. The molecule has 7 heteroatoms. The topological polar surface area (TPSA) is 69.7 Å². The monoisotopic (exact) mass is 495 g/mol. The number of piperazine rings is 1. The van der Waals surface area contributed by atoms with Gasteiger partial charge in [-0.1, -0.05) is 24.3 Å². The molecule has 37 heavy (non-hydrogen) atoms. The molecule has 1 aliphatic heterocycles. The van der Waals surface area contributed by atoms with Gasteiger partial charge in [-0.2, -0.15) is 0 Å². The maximum atomic E-state index is 12.5. The number of pyridine rings is 1. The highest BCUT2D eigenvalue weighted by atomic mass is 16.5. The molecule has 0 saturated carbocycles. The van der Waals surface area contributed by atoms with E-state index in [9.17, 15) is 4.79 Å². The zero-order chi connectivity index (χ0) is 25.6. The summed E-state index contributed by atoms with van der Waals surface area (Å²) in [6, 6.07) is 25.8. The average molecular weight is 496 g/mol. The van der Waals surface area contributed by atoms with Crippen molar-refractivity contribution in [1.82, 2.24) is 9.88 Å². The van der Waals surface area contributed by atoms with E-state index in [4.69, 9.17) is 4.74 Å². The van der Waals surface area contributed by atoms with Crippen molar-refractivity contribution in [3.63, 3.8) is 0 Å². The summed E-state index contributed by atoms with van der Waals surface area (Å²) in [6.45, 7) is 7.07. The number of anilines is 3. The molecule has 2 N–H and O–H groups in total. The highest BCUT2D eigenvalue weighted by Gasteiger charge is 2.19. The van der Waals surface area contributed by atoms with E-state index in [1.165, 1.54) is 16.6 Å². The van der Waals surface area contributed by atoms with Gasteiger partial charge in [-0.3, -0.25) is 9.88 Å². The van der Waals surface area contributed by atoms with Crippen molar-refractivity contribution < 1.29 is 9.53 Å². The highest BCUT2D eigenvalue weighted by molar-refractivity contribution is 5.99. The molecule has 3 aromatic carbocycles. The minimum absolute atomic E-state index is 0.277. The van der Waals surface area contributed by atoms with E-state index >= 15 is 0 Å². The third kappa shape index (κ3) is 6.19. The van der Waals surface area contributed by atoms with Crippen LogP contribution in [-0.4, -0.2) is 55.7 Å². The maximum absolute atomic E-state index is 12.5. The number of carbonyl (C=O) groups is 1. The number of carbonyl (C=O) groups excluding carboxylic acids is 1. The molecule has 7 nitrogen and oxygen atoms in total. The van der Waals surface area contributed by atoms with Crippen LogP contribution in [0.2, 0.25) is 0 Å². The lowest BCUT2D eigenvalue weighted by Gasteiger charge is -2.36. The van der Waals surface area contributed by atoms with E-state index in [0.29, 0.717) is 11.4 Å². The summed E-state index contributed by atoms with van der Waals surface area (Å²) in [7, 11) is 1.61. The molecular weight excluding hydrogens is 462 g/mol. The molecular formula is C30H33N5O2. The maximum Gasteiger partial charge on any atom is 0.323 e. The van der Waals surface area contributed by atoms with Gasteiger partial charge in [0.2, 0.25) is 0 Å². The summed E-state index contributed by atoms with van der Waals surface area (Å²) in [5.74, 6) is 0.699. The Bertz CT molecular complexity index is 1380. The van der Waals surface area contributed by atoms with E-state index in [1.54, 1.807) is 13.2 Å². The van der Waals surface area contributed by atoms with E-state index in [1.807, 2.05) is 43.3 Å². The second-order valence-electron chi connectivity index (χ2n) is 9.39. The van der Waals surface area contributed by atoms with Crippen molar-refractivity contribution in [2.24, 2.45) is 0 Å². The van der Waals surface area contributed by atoms with Gasteiger partial charge in [-0.15, -0.1) is 0 Å². The molecule has 2 amide bonds. The Morgan fingerprint density at radius 2 is 1.62 bits per heavy atom. The van der Waals surface area contributed by atoms with Crippen LogP contribution >= 0.6 is 0 Å². The lowest BCUT2D eigenvalue weighted by molar-refractivity contribution is 0.261. The number of hydrogen-bond acceptors (Lipinski definition) is 5. The molecule has 0 bridgehead atoms. The van der Waals surface area contributed by atoms with Gasteiger partial charge >= 0.3 is 6.03 Å². The third-order valence-electron chi connectivity index (χ3n) is 6.79. The van der Waals surface area contributed by atoms with Gasteiger partial charge < -0.3 is 20.3 Å². The lowest BCUT2D eigenvalue weighted by Crippen LogP contribution is -2.47. The van der Waals surface area contributed by atoms with Crippen molar-refractivity contribution in [2.45, 2.75) is 13.3 Å². The smallest absolute Gasteiger partial charge is 0.323 e. The predicted molar refractivity (Wildman–Crippen MR) is 151 cm³/mol. The van der Waals surface area contributed by atoms with Gasteiger partial charge in [-0.25, -0.2) is 4.79 Å². The third-order valence-corrected chi connectivity index (χ3v) is 6.79. The summed E-state index contributed by atoms with van der Waals surface area (Å²) in [5.41, 5.74) is 6.05. The number of rotatable bonds is 7. The van der Waals surface area contributed by atoms with Crippen molar-refractivity contribution >= 4 is 34.0 Å². The first-order valence-corrected chi connectivity index (χ1v) is 12.7. The Morgan fingerprint density at radius 3 is 2.41 bits per heavy atom. The Morgan fingerprint density at radius 1 is 0.892 bits per heavy atom. The number of fused-ring (bicyclic) bond motifs is 1. The Kier molecular flexibility index (Phi) is 7.51. The van der Waals surface area contributed by atoms with Crippen molar-refractivity contribution in [3.8, 4) is 5.75 Å². The SMILES string of the molecule is COc1cccc(NC(=O)Nc2cccc(CCN3CCN(c4cccc5nc(C)ccc45)CC3)c2)c1. The average Bonchev–Trinajstić information content (AvgIpc) is 2.92. The Labute approximate surface area is 218 Å². The van der Waals surface area contributed by atoms with Crippen LogP contribution in [-0.2, 0) is 6.42 Å². The van der Waals surface area contributed by atoms with Gasteiger partial charge in [0.25, 0.3) is 0 Å². The molecule has 4 aromatic rings. The van der Waals surface area contributed by atoms with Crippen LogP contribution in [0, 0.1) is 6.92 Å². The molecule has 0 spiro atoms. The number of aryl methyl sites for hydroxylation is 1. The highest BCUT2D eigenvalue weighted by Crippen LogP contribution is 2.27. The zero-order valence-corrected chi connectivity index (χ0v) is 21.4. The molecule has 5 rings (SSSR count). The number of amides is 2. The summed E-state index contributed by atoms with van der Waals surface area (Å²) < 4.78 is 5.22. The van der Waals surface area contributed by atoms with Crippen LogP contribution in [0.1, 0.15) is 11.3 Å². The zero-order valence-electron chi connectivity index (χ0n) is 21.4. The van der Waals surface area contributed by atoms with Crippen molar-refractivity contribution in [2.75, 3.05) is 55.4 Å². The van der Waals surface area contributed by atoms with Gasteiger partial charge in [0.05, 0.1) is 12.6 Å².